The summed E-state index contributed by atoms with van der Waals surface area (Å²) in [4.78, 5) is 16.1. The highest BCUT2D eigenvalue weighted by Crippen LogP contribution is 2.24. The number of likely N-dealkylation sites (N-methyl/N-ethyl adjacent to an activating group) is 2. The number of rotatable bonds is 4. The normalized spacial score (nSPS) is 24.6. The van der Waals surface area contributed by atoms with Gasteiger partial charge < -0.3 is 15.1 Å². The molecule has 0 unspecified atom stereocenters. The van der Waals surface area contributed by atoms with Crippen molar-refractivity contribution in [3.05, 3.63) is 0 Å². The van der Waals surface area contributed by atoms with Gasteiger partial charge in [0.1, 0.15) is 0 Å². The number of amides is 1. The van der Waals surface area contributed by atoms with Crippen molar-refractivity contribution in [2.24, 2.45) is 0 Å². The van der Waals surface area contributed by atoms with Crippen LogP contribution in [0.1, 0.15) is 46.5 Å². The largest absolute Gasteiger partial charge is 0.340 e. The summed E-state index contributed by atoms with van der Waals surface area (Å²) in [6.45, 7) is 7.08. The van der Waals surface area contributed by atoms with Gasteiger partial charge in [-0.15, -0.1) is 0 Å². The second-order valence-electron chi connectivity index (χ2n) is 7.10. The van der Waals surface area contributed by atoms with Crippen LogP contribution in [-0.2, 0) is 4.79 Å². The molecule has 0 aliphatic heterocycles. The van der Waals surface area contributed by atoms with Gasteiger partial charge in [-0.05, 0) is 47.7 Å². The number of carbonyl (C=O) groups is 1. The molecule has 0 aromatic heterocycles. The van der Waals surface area contributed by atoms with E-state index in [-0.39, 0.29) is 11.4 Å². The summed E-state index contributed by atoms with van der Waals surface area (Å²) in [5, 5.41) is 3.69. The molecule has 0 aromatic carbocycles. The monoisotopic (exact) mass is 269 g/mol. The van der Waals surface area contributed by atoms with Crippen molar-refractivity contribution < 1.29 is 4.79 Å². The lowest BCUT2D eigenvalue weighted by molar-refractivity contribution is -0.133. The van der Waals surface area contributed by atoms with Gasteiger partial charge in [0, 0.05) is 24.7 Å². The van der Waals surface area contributed by atoms with Gasteiger partial charge in [-0.3, -0.25) is 4.79 Å². The first-order valence-electron chi connectivity index (χ1n) is 7.39. The first-order chi connectivity index (χ1) is 8.70. The number of hydrogen-bond donors (Lipinski definition) is 1. The van der Waals surface area contributed by atoms with E-state index in [1.807, 2.05) is 30.9 Å². The Bertz CT molecular complexity index is 296. The van der Waals surface area contributed by atoms with Crippen molar-refractivity contribution in [2.45, 2.75) is 64.1 Å². The van der Waals surface area contributed by atoms with Gasteiger partial charge in [0.25, 0.3) is 0 Å². The Labute approximate surface area is 118 Å². The highest BCUT2D eigenvalue weighted by atomic mass is 16.2. The minimum Gasteiger partial charge on any atom is -0.340 e. The van der Waals surface area contributed by atoms with Crippen molar-refractivity contribution in [2.75, 3.05) is 27.7 Å². The Morgan fingerprint density at radius 2 is 1.74 bits per heavy atom. The number of hydrogen-bond acceptors (Lipinski definition) is 3. The quantitative estimate of drug-likeness (QED) is 0.844. The SMILES string of the molecule is CN(C)CC(=O)N(C)[C@H]1CCCC[C@@H]1NC(C)(C)C. The maximum atomic E-state index is 12.2. The van der Waals surface area contributed by atoms with Crippen LogP contribution in [-0.4, -0.2) is 61.0 Å². The average Bonchev–Trinajstić information content (AvgIpc) is 2.25. The third kappa shape index (κ3) is 5.49. The highest BCUT2D eigenvalue weighted by molar-refractivity contribution is 5.78. The molecule has 1 saturated carbocycles. The van der Waals surface area contributed by atoms with E-state index >= 15 is 0 Å². The Kier molecular flexibility index (Phi) is 5.81. The molecule has 112 valence electrons. The van der Waals surface area contributed by atoms with Gasteiger partial charge in [0.05, 0.1) is 6.54 Å². The van der Waals surface area contributed by atoms with Crippen LogP contribution < -0.4 is 5.32 Å². The van der Waals surface area contributed by atoms with Crippen LogP contribution in [0.2, 0.25) is 0 Å². The average molecular weight is 269 g/mol. The summed E-state index contributed by atoms with van der Waals surface area (Å²) in [6.07, 6.45) is 4.78. The predicted octanol–water partition coefficient (Wildman–Crippen LogP) is 1.71. The fraction of sp³-hybridized carbons (Fsp3) is 0.933. The molecule has 0 spiro atoms. The lowest BCUT2D eigenvalue weighted by Gasteiger charge is -2.42. The molecule has 1 fully saturated rings. The van der Waals surface area contributed by atoms with Crippen molar-refractivity contribution >= 4 is 5.91 Å². The van der Waals surface area contributed by atoms with Crippen LogP contribution in [0.15, 0.2) is 0 Å². The zero-order valence-corrected chi connectivity index (χ0v) is 13.5. The van der Waals surface area contributed by atoms with Crippen LogP contribution in [0.25, 0.3) is 0 Å². The van der Waals surface area contributed by atoms with E-state index in [1.165, 1.54) is 19.3 Å². The Hall–Kier alpha value is -0.610. The van der Waals surface area contributed by atoms with Crippen molar-refractivity contribution in [3.63, 3.8) is 0 Å². The predicted molar refractivity (Wildman–Crippen MR) is 80.3 cm³/mol. The minimum atomic E-state index is 0.103. The molecule has 1 amide bonds. The second kappa shape index (κ2) is 6.71. The topological polar surface area (TPSA) is 35.6 Å². The van der Waals surface area contributed by atoms with Gasteiger partial charge >= 0.3 is 0 Å². The molecule has 4 heteroatoms. The zero-order valence-electron chi connectivity index (χ0n) is 13.5. The van der Waals surface area contributed by atoms with Crippen molar-refractivity contribution in [1.29, 1.82) is 0 Å². The van der Waals surface area contributed by atoms with Gasteiger partial charge in [-0.25, -0.2) is 0 Å². The third-order valence-corrected chi connectivity index (χ3v) is 3.69. The molecule has 1 rings (SSSR count). The van der Waals surface area contributed by atoms with Gasteiger partial charge in [0.2, 0.25) is 5.91 Å². The van der Waals surface area contributed by atoms with E-state index in [4.69, 9.17) is 0 Å². The summed E-state index contributed by atoms with van der Waals surface area (Å²) in [7, 11) is 5.84. The number of carbonyl (C=O) groups excluding carboxylic acids is 1. The van der Waals surface area contributed by atoms with E-state index < -0.39 is 0 Å². The van der Waals surface area contributed by atoms with Gasteiger partial charge in [0.15, 0.2) is 0 Å². The van der Waals surface area contributed by atoms with E-state index in [1.54, 1.807) is 0 Å². The molecular weight excluding hydrogens is 238 g/mol. The number of nitrogens with zero attached hydrogens (tertiary/aromatic N) is 2. The lowest BCUT2D eigenvalue weighted by atomic mass is 9.87. The molecule has 1 aliphatic carbocycles. The molecule has 0 radical (unpaired) electrons. The second-order valence-corrected chi connectivity index (χ2v) is 7.10. The molecular formula is C15H31N3O. The van der Waals surface area contributed by atoms with Crippen LogP contribution in [0.5, 0.6) is 0 Å². The summed E-state index contributed by atoms with van der Waals surface area (Å²) in [6, 6.07) is 0.755. The van der Waals surface area contributed by atoms with E-state index in [0.717, 1.165) is 6.42 Å². The van der Waals surface area contributed by atoms with Crippen molar-refractivity contribution in [1.82, 2.24) is 15.1 Å². The van der Waals surface area contributed by atoms with Crippen LogP contribution in [0.3, 0.4) is 0 Å². The van der Waals surface area contributed by atoms with Crippen LogP contribution in [0, 0.1) is 0 Å². The van der Waals surface area contributed by atoms with Crippen LogP contribution >= 0.6 is 0 Å². The molecule has 1 aliphatic rings. The minimum absolute atomic E-state index is 0.103. The van der Waals surface area contributed by atoms with Gasteiger partial charge in [-0.2, -0.15) is 0 Å². The molecule has 4 nitrogen and oxygen atoms in total. The molecule has 2 atom stereocenters. The standard InChI is InChI=1S/C15H31N3O/c1-15(2,3)16-12-9-7-8-10-13(12)18(6)14(19)11-17(4)5/h12-13,16H,7-11H2,1-6H3/t12-,13-/m0/s1. The fourth-order valence-corrected chi connectivity index (χ4v) is 2.87. The van der Waals surface area contributed by atoms with Crippen LogP contribution in [0.4, 0.5) is 0 Å². The van der Waals surface area contributed by atoms with E-state index in [0.29, 0.717) is 18.6 Å². The Morgan fingerprint density at radius 1 is 1.16 bits per heavy atom. The maximum absolute atomic E-state index is 12.2. The Morgan fingerprint density at radius 3 is 2.26 bits per heavy atom. The first kappa shape index (κ1) is 16.4. The molecule has 0 saturated heterocycles. The molecule has 19 heavy (non-hydrogen) atoms. The third-order valence-electron chi connectivity index (χ3n) is 3.69. The summed E-state index contributed by atoms with van der Waals surface area (Å²) in [5.41, 5.74) is 0.103. The molecule has 1 N–H and O–H groups in total. The van der Waals surface area contributed by atoms with E-state index in [9.17, 15) is 4.79 Å². The first-order valence-corrected chi connectivity index (χ1v) is 7.39. The lowest BCUT2D eigenvalue weighted by Crippen LogP contribution is -2.57. The Balaban J connectivity index is 2.68. The smallest absolute Gasteiger partial charge is 0.236 e. The van der Waals surface area contributed by atoms with Gasteiger partial charge in [-0.1, -0.05) is 12.8 Å². The molecule has 0 bridgehead atoms. The molecule has 0 heterocycles. The summed E-state index contributed by atoms with van der Waals surface area (Å²) in [5.74, 6) is 0.220. The van der Waals surface area contributed by atoms with Crippen molar-refractivity contribution in [3.8, 4) is 0 Å². The summed E-state index contributed by atoms with van der Waals surface area (Å²) >= 11 is 0. The maximum Gasteiger partial charge on any atom is 0.236 e. The molecule has 0 aromatic rings. The fourth-order valence-electron chi connectivity index (χ4n) is 2.87. The zero-order chi connectivity index (χ0) is 14.6. The number of nitrogens with one attached hydrogen (secondary N) is 1. The van der Waals surface area contributed by atoms with E-state index in [2.05, 4.69) is 26.1 Å². The highest BCUT2D eigenvalue weighted by Gasteiger charge is 2.32. The summed E-state index contributed by atoms with van der Waals surface area (Å²) < 4.78 is 0.